The average Bonchev–Trinajstić information content (AvgIpc) is 2.62. The van der Waals surface area contributed by atoms with Crippen LogP contribution in [0.15, 0.2) is 24.3 Å². The molecule has 1 atom stereocenters. The molecule has 0 radical (unpaired) electrons. The Bertz CT molecular complexity index is 350. The Morgan fingerprint density at radius 1 is 0.920 bits per heavy atom. The third-order valence-electron chi connectivity index (χ3n) is 3.98. The van der Waals surface area contributed by atoms with Gasteiger partial charge < -0.3 is 14.9 Å². The molecule has 0 saturated carbocycles. The Morgan fingerprint density at radius 2 is 1.52 bits per heavy atom. The van der Waals surface area contributed by atoms with Gasteiger partial charge in [0.05, 0.1) is 6.61 Å². The van der Waals surface area contributed by atoms with Crippen LogP contribution in [-0.2, 0) is 9.53 Å². The molecule has 0 aromatic carbocycles. The third-order valence-corrected chi connectivity index (χ3v) is 3.98. The Labute approximate surface area is 154 Å². The minimum atomic E-state index is -0.964. The fourth-order valence-electron chi connectivity index (χ4n) is 2.39. The molecule has 0 fully saturated rings. The van der Waals surface area contributed by atoms with E-state index in [-0.39, 0.29) is 19.2 Å². The molecular weight excluding hydrogens is 316 g/mol. The molecule has 0 bridgehead atoms. The minimum absolute atomic E-state index is 0.115. The first-order valence-electron chi connectivity index (χ1n) is 9.95. The molecule has 0 aromatic heterocycles. The molecule has 0 aliphatic carbocycles. The number of hydrogen-bond acceptors (Lipinski definition) is 4. The zero-order valence-corrected chi connectivity index (χ0v) is 16.0. The van der Waals surface area contributed by atoms with Gasteiger partial charge in [-0.05, 0) is 38.5 Å². The summed E-state index contributed by atoms with van der Waals surface area (Å²) in [5, 5.41) is 17.7. The van der Waals surface area contributed by atoms with E-state index in [1.54, 1.807) is 0 Å². The Hall–Kier alpha value is -1.13. The standard InChI is InChI=1S/C21H38O4/c1-2-3-4-5-6-7-8-9-10-11-12-13-14-15-16-17-21(24)25-19-20(23)18-22/h6-7,9-10,20,22-23H,2-5,8,11-19H2,1H3/t20-/m1/s1. The number of rotatable bonds is 17. The largest absolute Gasteiger partial charge is 0.463 e. The Kier molecular flexibility index (Phi) is 18.3. The first kappa shape index (κ1) is 23.9. The molecule has 146 valence electrons. The van der Waals surface area contributed by atoms with Crippen LogP contribution < -0.4 is 0 Å². The van der Waals surface area contributed by atoms with Gasteiger partial charge in [-0.2, -0.15) is 0 Å². The number of aliphatic hydroxyl groups is 2. The van der Waals surface area contributed by atoms with Crippen LogP contribution in [0.3, 0.4) is 0 Å². The summed E-state index contributed by atoms with van der Waals surface area (Å²) in [7, 11) is 0. The summed E-state index contributed by atoms with van der Waals surface area (Å²) < 4.78 is 4.85. The van der Waals surface area contributed by atoms with Crippen molar-refractivity contribution in [2.24, 2.45) is 0 Å². The van der Waals surface area contributed by atoms with Gasteiger partial charge in [0.25, 0.3) is 0 Å². The summed E-state index contributed by atoms with van der Waals surface area (Å²) in [6.07, 6.45) is 21.1. The number of ether oxygens (including phenoxy) is 1. The van der Waals surface area contributed by atoms with Crippen LogP contribution in [0, 0.1) is 0 Å². The quantitative estimate of drug-likeness (QED) is 0.226. The summed E-state index contributed by atoms with van der Waals surface area (Å²) in [4.78, 5) is 11.4. The van der Waals surface area contributed by atoms with Crippen LogP contribution in [0.2, 0.25) is 0 Å². The van der Waals surface area contributed by atoms with Crippen LogP contribution in [0.4, 0.5) is 0 Å². The molecule has 0 amide bonds. The van der Waals surface area contributed by atoms with E-state index in [4.69, 9.17) is 14.9 Å². The van der Waals surface area contributed by atoms with Gasteiger partial charge >= 0.3 is 5.97 Å². The molecule has 2 N–H and O–H groups in total. The second-order valence-corrected chi connectivity index (χ2v) is 6.50. The molecule has 0 aliphatic rings. The maximum Gasteiger partial charge on any atom is 0.305 e. The highest BCUT2D eigenvalue weighted by Gasteiger charge is 2.07. The Morgan fingerprint density at radius 3 is 2.16 bits per heavy atom. The van der Waals surface area contributed by atoms with Crippen molar-refractivity contribution in [2.75, 3.05) is 13.2 Å². The van der Waals surface area contributed by atoms with Crippen LogP contribution in [0.1, 0.15) is 84.0 Å². The Balaban J connectivity index is 3.30. The van der Waals surface area contributed by atoms with Crippen molar-refractivity contribution < 1.29 is 19.7 Å². The second-order valence-electron chi connectivity index (χ2n) is 6.50. The van der Waals surface area contributed by atoms with Crippen molar-refractivity contribution in [3.05, 3.63) is 24.3 Å². The second kappa shape index (κ2) is 19.2. The van der Waals surface area contributed by atoms with Gasteiger partial charge in [0.15, 0.2) is 0 Å². The van der Waals surface area contributed by atoms with Gasteiger partial charge in [-0.25, -0.2) is 0 Å². The first-order valence-corrected chi connectivity index (χ1v) is 9.95. The normalized spacial score (nSPS) is 12.9. The maximum atomic E-state index is 11.4. The van der Waals surface area contributed by atoms with Crippen molar-refractivity contribution in [1.82, 2.24) is 0 Å². The van der Waals surface area contributed by atoms with Crippen LogP contribution in [0.25, 0.3) is 0 Å². The van der Waals surface area contributed by atoms with Crippen LogP contribution in [-0.4, -0.2) is 35.5 Å². The zero-order valence-electron chi connectivity index (χ0n) is 16.0. The third kappa shape index (κ3) is 19.0. The number of aliphatic hydroxyl groups excluding tert-OH is 2. The molecule has 4 nitrogen and oxygen atoms in total. The lowest BCUT2D eigenvalue weighted by molar-refractivity contribution is -0.147. The van der Waals surface area contributed by atoms with Gasteiger partial charge in [-0.3, -0.25) is 4.79 Å². The molecule has 25 heavy (non-hydrogen) atoms. The fraction of sp³-hybridized carbons (Fsp3) is 0.762. The molecular formula is C21H38O4. The molecule has 0 aliphatic heterocycles. The molecule has 0 rings (SSSR count). The lowest BCUT2D eigenvalue weighted by atomic mass is 10.1. The van der Waals surface area contributed by atoms with Crippen molar-refractivity contribution in [1.29, 1.82) is 0 Å². The van der Waals surface area contributed by atoms with E-state index in [9.17, 15) is 4.79 Å². The number of esters is 1. The monoisotopic (exact) mass is 354 g/mol. The highest BCUT2D eigenvalue weighted by molar-refractivity contribution is 5.69. The SMILES string of the molecule is CCCCCC=CCC=CCCCCCCCC(=O)OC[C@H](O)CO. The summed E-state index contributed by atoms with van der Waals surface area (Å²) in [5.74, 6) is -0.293. The predicted octanol–water partition coefficient (Wildman–Crippen LogP) is 4.70. The lowest BCUT2D eigenvalue weighted by Gasteiger charge is -2.08. The highest BCUT2D eigenvalue weighted by atomic mass is 16.5. The molecule has 0 unspecified atom stereocenters. The molecule has 0 heterocycles. The van der Waals surface area contributed by atoms with Crippen molar-refractivity contribution in [3.8, 4) is 0 Å². The molecule has 0 saturated heterocycles. The lowest BCUT2D eigenvalue weighted by Crippen LogP contribution is -2.21. The minimum Gasteiger partial charge on any atom is -0.463 e. The number of allylic oxidation sites excluding steroid dienone is 4. The number of hydrogen-bond donors (Lipinski definition) is 2. The van der Waals surface area contributed by atoms with E-state index >= 15 is 0 Å². The van der Waals surface area contributed by atoms with Crippen molar-refractivity contribution in [2.45, 2.75) is 90.1 Å². The van der Waals surface area contributed by atoms with Crippen LogP contribution in [0.5, 0.6) is 0 Å². The van der Waals surface area contributed by atoms with Gasteiger partial charge in [-0.1, -0.05) is 63.3 Å². The summed E-state index contributed by atoms with van der Waals surface area (Å²) >= 11 is 0. The smallest absolute Gasteiger partial charge is 0.305 e. The van der Waals surface area contributed by atoms with Crippen molar-refractivity contribution in [3.63, 3.8) is 0 Å². The predicted molar refractivity (Wildman–Crippen MR) is 103 cm³/mol. The number of carbonyl (C=O) groups is 1. The van der Waals surface area contributed by atoms with Gasteiger partial charge in [-0.15, -0.1) is 0 Å². The van der Waals surface area contributed by atoms with Gasteiger partial charge in [0, 0.05) is 6.42 Å². The van der Waals surface area contributed by atoms with E-state index in [1.165, 1.54) is 38.5 Å². The highest BCUT2D eigenvalue weighted by Crippen LogP contribution is 2.08. The zero-order chi connectivity index (χ0) is 18.6. The van der Waals surface area contributed by atoms with Crippen LogP contribution >= 0.6 is 0 Å². The van der Waals surface area contributed by atoms with Crippen molar-refractivity contribution >= 4 is 5.97 Å². The first-order chi connectivity index (χ1) is 12.2. The number of carbonyl (C=O) groups excluding carboxylic acids is 1. The summed E-state index contributed by atoms with van der Waals surface area (Å²) in [6, 6.07) is 0. The van der Waals surface area contributed by atoms with E-state index in [1.807, 2.05) is 0 Å². The molecule has 0 spiro atoms. The average molecular weight is 355 g/mol. The summed E-state index contributed by atoms with van der Waals surface area (Å²) in [6.45, 7) is 1.74. The van der Waals surface area contributed by atoms with E-state index in [0.29, 0.717) is 6.42 Å². The number of unbranched alkanes of at least 4 members (excludes halogenated alkanes) is 8. The molecule has 4 heteroatoms. The van der Waals surface area contributed by atoms with E-state index in [0.717, 1.165) is 32.1 Å². The molecule has 0 aromatic rings. The maximum absolute atomic E-state index is 11.4. The van der Waals surface area contributed by atoms with E-state index < -0.39 is 6.10 Å². The van der Waals surface area contributed by atoms with Gasteiger partial charge in [0.2, 0.25) is 0 Å². The fourth-order valence-corrected chi connectivity index (χ4v) is 2.39. The topological polar surface area (TPSA) is 66.8 Å². The van der Waals surface area contributed by atoms with Gasteiger partial charge in [0.1, 0.15) is 12.7 Å². The summed E-state index contributed by atoms with van der Waals surface area (Å²) in [5.41, 5.74) is 0. The van der Waals surface area contributed by atoms with E-state index in [2.05, 4.69) is 31.2 Å².